The van der Waals surface area contributed by atoms with Crippen molar-refractivity contribution in [1.82, 2.24) is 9.97 Å². The van der Waals surface area contributed by atoms with Crippen LogP contribution in [0.25, 0.3) is 0 Å². The third kappa shape index (κ3) is 2.55. The summed E-state index contributed by atoms with van der Waals surface area (Å²) >= 11 is 6.60. The van der Waals surface area contributed by atoms with E-state index in [-0.39, 0.29) is 16.6 Å². The molecule has 1 aliphatic heterocycles. The molecule has 4 nitrogen and oxygen atoms in total. The number of hydrogen-bond acceptors (Lipinski definition) is 4. The summed E-state index contributed by atoms with van der Waals surface area (Å²) in [5, 5.41) is 0.649. The van der Waals surface area contributed by atoms with Crippen molar-refractivity contribution in [2.24, 2.45) is 11.8 Å². The molecule has 1 saturated carbocycles. The van der Waals surface area contributed by atoms with E-state index in [1.54, 1.807) is 0 Å². The summed E-state index contributed by atoms with van der Waals surface area (Å²) in [6.45, 7) is 12.5. The molecular formula is C20H29ClN2O2. The zero-order valence-corrected chi connectivity index (χ0v) is 16.7. The van der Waals surface area contributed by atoms with Crippen molar-refractivity contribution in [2.45, 2.75) is 76.9 Å². The minimum absolute atomic E-state index is 0.0140. The second-order valence-corrected chi connectivity index (χ2v) is 9.63. The van der Waals surface area contributed by atoms with Gasteiger partial charge in [0, 0.05) is 28.7 Å². The SMILES string of the molecule is C[C@H]1[C@@H]2CCc3c(Cl)nc(C(C)(C)C)nc3[C@@]2(C)CCC12OCCO2. The Morgan fingerprint density at radius 2 is 1.80 bits per heavy atom. The van der Waals surface area contributed by atoms with Crippen LogP contribution in [0.2, 0.25) is 5.15 Å². The fourth-order valence-electron chi connectivity index (χ4n) is 5.23. The van der Waals surface area contributed by atoms with E-state index in [1.165, 1.54) is 5.69 Å². The third-order valence-corrected chi connectivity index (χ3v) is 7.07. The fraction of sp³-hybridized carbons (Fsp3) is 0.800. The summed E-state index contributed by atoms with van der Waals surface area (Å²) < 4.78 is 12.2. The summed E-state index contributed by atoms with van der Waals surface area (Å²) in [6, 6.07) is 0. The number of halogens is 1. The average Bonchev–Trinajstić information content (AvgIpc) is 3.01. The lowest BCUT2D eigenvalue weighted by atomic mass is 9.55. The molecule has 0 radical (unpaired) electrons. The number of hydrogen-bond donors (Lipinski definition) is 0. The second kappa shape index (κ2) is 5.64. The molecule has 2 fully saturated rings. The van der Waals surface area contributed by atoms with Crippen LogP contribution in [0.15, 0.2) is 0 Å². The predicted molar refractivity (Wildman–Crippen MR) is 97.9 cm³/mol. The average molecular weight is 365 g/mol. The molecule has 138 valence electrons. The number of fused-ring (bicyclic) bond motifs is 3. The molecule has 0 N–H and O–H groups in total. The Morgan fingerprint density at radius 1 is 1.12 bits per heavy atom. The van der Waals surface area contributed by atoms with Crippen molar-refractivity contribution in [1.29, 1.82) is 0 Å². The molecule has 0 bridgehead atoms. The summed E-state index contributed by atoms with van der Waals surface area (Å²) in [7, 11) is 0. The normalized spacial score (nSPS) is 34.0. The third-order valence-electron chi connectivity index (χ3n) is 6.76. The minimum Gasteiger partial charge on any atom is -0.347 e. The molecule has 1 spiro atoms. The first-order valence-electron chi connectivity index (χ1n) is 9.53. The van der Waals surface area contributed by atoms with Crippen LogP contribution < -0.4 is 0 Å². The van der Waals surface area contributed by atoms with E-state index in [1.807, 2.05) is 0 Å². The standard InChI is InChI=1S/C20H29ClN2O2/c1-12-14-7-6-13-15(22-17(18(2,3)4)23-16(13)21)19(14,5)8-9-20(12)24-10-11-25-20/h12,14H,6-11H2,1-5H3/t12-,14-,19-/m0/s1. The summed E-state index contributed by atoms with van der Waals surface area (Å²) in [5.41, 5.74) is 2.24. The smallest absolute Gasteiger partial charge is 0.171 e. The van der Waals surface area contributed by atoms with Gasteiger partial charge in [0.15, 0.2) is 5.79 Å². The molecule has 0 unspecified atom stereocenters. The van der Waals surface area contributed by atoms with Crippen molar-refractivity contribution in [3.63, 3.8) is 0 Å². The first-order valence-corrected chi connectivity index (χ1v) is 9.90. The Morgan fingerprint density at radius 3 is 2.44 bits per heavy atom. The number of ether oxygens (including phenoxy) is 2. The van der Waals surface area contributed by atoms with Gasteiger partial charge in [0.2, 0.25) is 0 Å². The molecule has 0 amide bonds. The van der Waals surface area contributed by atoms with Gasteiger partial charge in [0.25, 0.3) is 0 Å². The van der Waals surface area contributed by atoms with E-state index in [9.17, 15) is 0 Å². The molecule has 4 rings (SSSR count). The van der Waals surface area contributed by atoms with E-state index in [0.717, 1.165) is 37.1 Å². The molecule has 25 heavy (non-hydrogen) atoms. The van der Waals surface area contributed by atoms with Crippen LogP contribution in [0.1, 0.15) is 71.0 Å². The highest BCUT2D eigenvalue weighted by molar-refractivity contribution is 6.30. The molecule has 3 atom stereocenters. The molecule has 1 aromatic heterocycles. The van der Waals surface area contributed by atoms with E-state index < -0.39 is 0 Å². The van der Waals surface area contributed by atoms with Gasteiger partial charge in [-0.05, 0) is 25.2 Å². The highest BCUT2D eigenvalue weighted by Gasteiger charge is 2.57. The monoisotopic (exact) mass is 364 g/mol. The Hall–Kier alpha value is -0.710. The van der Waals surface area contributed by atoms with Gasteiger partial charge in [-0.15, -0.1) is 0 Å². The molecular weight excluding hydrogens is 336 g/mol. The van der Waals surface area contributed by atoms with Crippen molar-refractivity contribution in [2.75, 3.05) is 13.2 Å². The lowest BCUT2D eigenvalue weighted by molar-refractivity contribution is -0.234. The molecule has 0 aromatic carbocycles. The zero-order valence-electron chi connectivity index (χ0n) is 16.0. The van der Waals surface area contributed by atoms with E-state index >= 15 is 0 Å². The van der Waals surface area contributed by atoms with Crippen molar-refractivity contribution in [3.8, 4) is 0 Å². The van der Waals surface area contributed by atoms with Gasteiger partial charge >= 0.3 is 0 Å². The van der Waals surface area contributed by atoms with Gasteiger partial charge in [-0.2, -0.15) is 0 Å². The van der Waals surface area contributed by atoms with Crippen LogP contribution in [-0.4, -0.2) is 29.0 Å². The van der Waals surface area contributed by atoms with E-state index in [4.69, 9.17) is 26.1 Å². The Kier molecular flexibility index (Phi) is 3.99. The first-order chi connectivity index (χ1) is 11.7. The fourth-order valence-corrected chi connectivity index (χ4v) is 5.50. The van der Waals surface area contributed by atoms with Crippen LogP contribution in [0, 0.1) is 11.8 Å². The summed E-state index contributed by atoms with van der Waals surface area (Å²) in [6.07, 6.45) is 3.98. The molecule has 2 aliphatic carbocycles. The number of rotatable bonds is 0. The second-order valence-electron chi connectivity index (χ2n) is 9.28. The minimum atomic E-state index is -0.384. The van der Waals surface area contributed by atoms with Crippen LogP contribution in [0.3, 0.4) is 0 Å². The van der Waals surface area contributed by atoms with Crippen LogP contribution in [0.4, 0.5) is 0 Å². The maximum Gasteiger partial charge on any atom is 0.171 e. The number of aromatic nitrogens is 2. The predicted octanol–water partition coefficient (Wildman–Crippen LogP) is 4.42. The van der Waals surface area contributed by atoms with Crippen molar-refractivity contribution >= 4 is 11.6 Å². The van der Waals surface area contributed by atoms with Gasteiger partial charge in [-0.1, -0.05) is 46.2 Å². The van der Waals surface area contributed by atoms with Crippen molar-refractivity contribution in [3.05, 3.63) is 22.2 Å². The number of nitrogens with zero attached hydrogens (tertiary/aromatic N) is 2. The molecule has 1 aromatic rings. The first kappa shape index (κ1) is 17.7. The Labute approximate surface area is 155 Å². The molecule has 5 heteroatoms. The van der Waals surface area contributed by atoms with Crippen LogP contribution >= 0.6 is 11.6 Å². The van der Waals surface area contributed by atoms with Gasteiger partial charge in [0.1, 0.15) is 11.0 Å². The van der Waals surface area contributed by atoms with E-state index in [0.29, 0.717) is 30.2 Å². The lowest BCUT2D eigenvalue weighted by Crippen LogP contribution is -2.55. The largest absolute Gasteiger partial charge is 0.347 e. The highest BCUT2D eigenvalue weighted by atomic mass is 35.5. The van der Waals surface area contributed by atoms with Crippen LogP contribution in [-0.2, 0) is 26.7 Å². The zero-order chi connectivity index (χ0) is 18.0. The topological polar surface area (TPSA) is 44.2 Å². The molecule has 2 heterocycles. The maximum absolute atomic E-state index is 6.60. The molecule has 1 saturated heterocycles. The van der Waals surface area contributed by atoms with Gasteiger partial charge in [-0.3, -0.25) is 0 Å². The van der Waals surface area contributed by atoms with E-state index in [2.05, 4.69) is 39.6 Å². The molecule has 3 aliphatic rings. The quantitative estimate of drug-likeness (QED) is 0.639. The summed E-state index contributed by atoms with van der Waals surface area (Å²) in [5.74, 6) is 1.31. The Balaban J connectivity index is 1.79. The maximum atomic E-state index is 6.60. The van der Waals surface area contributed by atoms with Crippen LogP contribution in [0.5, 0.6) is 0 Å². The Bertz CT molecular complexity index is 694. The van der Waals surface area contributed by atoms with Gasteiger partial charge in [0.05, 0.1) is 18.9 Å². The van der Waals surface area contributed by atoms with Gasteiger partial charge in [-0.25, -0.2) is 9.97 Å². The summed E-state index contributed by atoms with van der Waals surface area (Å²) in [4.78, 5) is 9.70. The van der Waals surface area contributed by atoms with Gasteiger partial charge < -0.3 is 9.47 Å². The van der Waals surface area contributed by atoms with Crippen molar-refractivity contribution < 1.29 is 9.47 Å². The highest BCUT2D eigenvalue weighted by Crippen LogP contribution is 2.57. The lowest BCUT2D eigenvalue weighted by Gasteiger charge is -2.54.